The zero-order chi connectivity index (χ0) is 15.0. The highest BCUT2D eigenvalue weighted by Gasteiger charge is 2.19. The zero-order valence-corrected chi connectivity index (χ0v) is 13.0. The molecule has 1 atom stereocenters. The highest BCUT2D eigenvalue weighted by Crippen LogP contribution is 2.18. The van der Waals surface area contributed by atoms with Crippen LogP contribution in [-0.2, 0) is 9.53 Å². The number of hydrogen-bond donors (Lipinski definition) is 1. The van der Waals surface area contributed by atoms with Crippen LogP contribution in [0.25, 0.3) is 0 Å². The Morgan fingerprint density at radius 2 is 2.05 bits per heavy atom. The minimum Gasteiger partial charge on any atom is -0.465 e. The van der Waals surface area contributed by atoms with E-state index in [2.05, 4.69) is 36.3 Å². The number of nitrogens with zero attached hydrogens (tertiary/aromatic N) is 1. The van der Waals surface area contributed by atoms with Crippen molar-refractivity contribution in [1.29, 1.82) is 0 Å². The van der Waals surface area contributed by atoms with Gasteiger partial charge >= 0.3 is 5.97 Å². The molecule has 0 aliphatic rings. The number of ether oxygens (including phenoxy) is 1. The summed E-state index contributed by atoms with van der Waals surface area (Å²) in [4.78, 5) is 14.0. The predicted molar refractivity (Wildman–Crippen MR) is 83.2 cm³/mol. The van der Waals surface area contributed by atoms with E-state index in [1.165, 1.54) is 11.3 Å². The van der Waals surface area contributed by atoms with Gasteiger partial charge in [-0.05, 0) is 38.4 Å². The Morgan fingerprint density at radius 3 is 2.65 bits per heavy atom. The van der Waals surface area contributed by atoms with Crippen LogP contribution >= 0.6 is 0 Å². The van der Waals surface area contributed by atoms with E-state index >= 15 is 0 Å². The summed E-state index contributed by atoms with van der Waals surface area (Å²) in [6.45, 7) is 7.92. The third kappa shape index (κ3) is 4.85. The van der Waals surface area contributed by atoms with Crippen molar-refractivity contribution < 1.29 is 9.53 Å². The number of nitrogens with one attached hydrogen (secondary N) is 1. The number of aryl methyl sites for hydroxylation is 1. The molecule has 0 aromatic heterocycles. The number of anilines is 1. The Balaban J connectivity index is 2.58. The van der Waals surface area contributed by atoms with Gasteiger partial charge < -0.3 is 15.0 Å². The standard InChI is InChI=1S/C16H26N2O2/c1-5-17-14(16(19)20-6-2)11-12-18(4)15-10-8-7-9-13(15)3/h7-10,14,17H,5-6,11-12H2,1-4H3. The van der Waals surface area contributed by atoms with E-state index in [0.717, 1.165) is 19.5 Å². The van der Waals surface area contributed by atoms with Crippen LogP contribution in [0, 0.1) is 6.92 Å². The van der Waals surface area contributed by atoms with Crippen molar-refractivity contribution in [2.24, 2.45) is 0 Å². The summed E-state index contributed by atoms with van der Waals surface area (Å²) in [7, 11) is 2.05. The Morgan fingerprint density at radius 1 is 1.35 bits per heavy atom. The Kier molecular flexibility index (Phi) is 7.09. The smallest absolute Gasteiger partial charge is 0.323 e. The van der Waals surface area contributed by atoms with Crippen LogP contribution < -0.4 is 10.2 Å². The third-order valence-corrected chi connectivity index (χ3v) is 3.30. The molecule has 0 aliphatic carbocycles. The minimum absolute atomic E-state index is 0.160. The van der Waals surface area contributed by atoms with Gasteiger partial charge in [0, 0.05) is 19.3 Å². The molecule has 1 N–H and O–H groups in total. The lowest BCUT2D eigenvalue weighted by molar-refractivity contribution is -0.145. The molecule has 1 rings (SSSR count). The first-order valence-corrected chi connectivity index (χ1v) is 7.26. The molecule has 1 unspecified atom stereocenters. The second kappa shape index (κ2) is 8.59. The fourth-order valence-corrected chi connectivity index (χ4v) is 2.23. The molecule has 0 radical (unpaired) electrons. The molecular formula is C16H26N2O2. The molecule has 112 valence electrons. The molecule has 0 amide bonds. The predicted octanol–water partition coefficient (Wildman–Crippen LogP) is 2.36. The minimum atomic E-state index is -0.230. The van der Waals surface area contributed by atoms with Gasteiger partial charge in [0.15, 0.2) is 0 Å². The number of carbonyl (C=O) groups excluding carboxylic acids is 1. The lowest BCUT2D eigenvalue weighted by Crippen LogP contribution is -2.40. The molecule has 0 saturated heterocycles. The highest BCUT2D eigenvalue weighted by atomic mass is 16.5. The highest BCUT2D eigenvalue weighted by molar-refractivity contribution is 5.75. The van der Waals surface area contributed by atoms with Gasteiger partial charge in [-0.1, -0.05) is 25.1 Å². The maximum atomic E-state index is 11.8. The number of para-hydroxylation sites is 1. The van der Waals surface area contributed by atoms with Crippen LogP contribution in [-0.4, -0.2) is 38.8 Å². The SMILES string of the molecule is CCNC(CCN(C)c1ccccc1C)C(=O)OCC. The second-order valence-corrected chi connectivity index (χ2v) is 4.86. The molecule has 0 spiro atoms. The molecule has 1 aromatic carbocycles. The topological polar surface area (TPSA) is 41.6 Å². The third-order valence-electron chi connectivity index (χ3n) is 3.30. The van der Waals surface area contributed by atoms with Crippen molar-refractivity contribution in [2.45, 2.75) is 33.2 Å². The van der Waals surface area contributed by atoms with Gasteiger partial charge in [0.1, 0.15) is 6.04 Å². The van der Waals surface area contributed by atoms with E-state index in [0.29, 0.717) is 6.61 Å². The summed E-state index contributed by atoms with van der Waals surface area (Å²) in [5.41, 5.74) is 2.44. The number of hydrogen-bond acceptors (Lipinski definition) is 4. The van der Waals surface area contributed by atoms with Gasteiger partial charge in [0.05, 0.1) is 6.61 Å². The maximum absolute atomic E-state index is 11.8. The van der Waals surface area contributed by atoms with Crippen LogP contribution in [0.15, 0.2) is 24.3 Å². The summed E-state index contributed by atoms with van der Waals surface area (Å²) in [5, 5.41) is 3.19. The van der Waals surface area contributed by atoms with Gasteiger partial charge in [-0.3, -0.25) is 4.79 Å². The zero-order valence-electron chi connectivity index (χ0n) is 13.0. The monoisotopic (exact) mass is 278 g/mol. The number of benzene rings is 1. The molecule has 4 heteroatoms. The molecular weight excluding hydrogens is 252 g/mol. The molecule has 0 aliphatic heterocycles. The van der Waals surface area contributed by atoms with Crippen molar-refractivity contribution in [3.63, 3.8) is 0 Å². The van der Waals surface area contributed by atoms with Crippen molar-refractivity contribution in [3.8, 4) is 0 Å². The fraction of sp³-hybridized carbons (Fsp3) is 0.562. The Hall–Kier alpha value is -1.55. The quantitative estimate of drug-likeness (QED) is 0.741. The Bertz CT molecular complexity index is 421. The van der Waals surface area contributed by atoms with E-state index < -0.39 is 0 Å². The average molecular weight is 278 g/mol. The first kappa shape index (κ1) is 16.5. The molecule has 0 bridgehead atoms. The van der Waals surface area contributed by atoms with E-state index in [1.54, 1.807) is 0 Å². The number of esters is 1. The van der Waals surface area contributed by atoms with E-state index in [-0.39, 0.29) is 12.0 Å². The second-order valence-electron chi connectivity index (χ2n) is 4.86. The van der Waals surface area contributed by atoms with Gasteiger partial charge in [0.25, 0.3) is 0 Å². The van der Waals surface area contributed by atoms with Crippen LogP contribution in [0.1, 0.15) is 25.8 Å². The summed E-state index contributed by atoms with van der Waals surface area (Å²) >= 11 is 0. The lowest BCUT2D eigenvalue weighted by atomic mass is 10.1. The maximum Gasteiger partial charge on any atom is 0.323 e. The fourth-order valence-electron chi connectivity index (χ4n) is 2.23. The summed E-state index contributed by atoms with van der Waals surface area (Å²) in [6, 6.07) is 8.03. The van der Waals surface area contributed by atoms with E-state index in [4.69, 9.17) is 4.74 Å². The Labute approximate surface area is 122 Å². The van der Waals surface area contributed by atoms with Crippen molar-refractivity contribution >= 4 is 11.7 Å². The van der Waals surface area contributed by atoms with Crippen molar-refractivity contribution in [3.05, 3.63) is 29.8 Å². The average Bonchev–Trinajstić information content (AvgIpc) is 2.43. The van der Waals surface area contributed by atoms with Crippen LogP contribution in [0.5, 0.6) is 0 Å². The lowest BCUT2D eigenvalue weighted by Gasteiger charge is -2.24. The van der Waals surface area contributed by atoms with Crippen LogP contribution in [0.3, 0.4) is 0 Å². The first-order chi connectivity index (χ1) is 9.60. The molecule has 0 saturated carbocycles. The van der Waals surface area contributed by atoms with E-state index in [9.17, 15) is 4.79 Å². The van der Waals surface area contributed by atoms with Crippen LogP contribution in [0.2, 0.25) is 0 Å². The molecule has 20 heavy (non-hydrogen) atoms. The summed E-state index contributed by atoms with van der Waals surface area (Å²) in [5.74, 6) is -0.160. The molecule has 4 nitrogen and oxygen atoms in total. The molecule has 0 fully saturated rings. The van der Waals surface area contributed by atoms with Crippen molar-refractivity contribution in [2.75, 3.05) is 31.6 Å². The van der Waals surface area contributed by atoms with Gasteiger partial charge in [-0.2, -0.15) is 0 Å². The summed E-state index contributed by atoms with van der Waals surface area (Å²) in [6.07, 6.45) is 0.734. The molecule has 0 heterocycles. The normalized spacial score (nSPS) is 12.0. The largest absolute Gasteiger partial charge is 0.465 e. The van der Waals surface area contributed by atoms with Crippen molar-refractivity contribution in [1.82, 2.24) is 5.32 Å². The molecule has 1 aromatic rings. The van der Waals surface area contributed by atoms with Gasteiger partial charge in [-0.15, -0.1) is 0 Å². The van der Waals surface area contributed by atoms with Gasteiger partial charge in [-0.25, -0.2) is 0 Å². The number of rotatable bonds is 8. The first-order valence-electron chi connectivity index (χ1n) is 7.26. The van der Waals surface area contributed by atoms with E-state index in [1.807, 2.05) is 26.0 Å². The number of carbonyl (C=O) groups is 1. The van der Waals surface area contributed by atoms with Gasteiger partial charge in [0.2, 0.25) is 0 Å². The summed E-state index contributed by atoms with van der Waals surface area (Å²) < 4.78 is 5.10. The number of likely N-dealkylation sites (N-methyl/N-ethyl adjacent to an activating group) is 1. The van der Waals surface area contributed by atoms with Crippen LogP contribution in [0.4, 0.5) is 5.69 Å².